The van der Waals surface area contributed by atoms with Crippen molar-refractivity contribution in [3.05, 3.63) is 66.3 Å². The van der Waals surface area contributed by atoms with E-state index < -0.39 is 36.2 Å². The molecule has 0 unspecified atom stereocenters. The lowest BCUT2D eigenvalue weighted by Gasteiger charge is -2.15. The van der Waals surface area contributed by atoms with Crippen molar-refractivity contribution in [2.45, 2.75) is 19.4 Å². The fraction of sp³-hybridized carbons (Fsp3) is 0.238. The molecule has 2 aromatic rings. The molecular weight excluding hydrogens is 384 g/mol. The van der Waals surface area contributed by atoms with Crippen LogP contribution >= 0.6 is 0 Å². The van der Waals surface area contributed by atoms with Gasteiger partial charge in [-0.25, -0.2) is 13.6 Å². The molecule has 0 aromatic heterocycles. The standard InChI is InChI=1S/C21H21F2NO5/c1-4-5-14-6-9-18(19(10-14)27-3)28-12-20(25)29-13(2)21(26)24-15-7-8-16(22)17(23)11-15/h4,6-11,13H,1,5,12H2,2-3H3,(H,24,26)/t13-/m1/s1. The third kappa shape index (κ3) is 6.31. The summed E-state index contributed by atoms with van der Waals surface area (Å²) in [5, 5.41) is 2.33. The van der Waals surface area contributed by atoms with E-state index in [2.05, 4.69) is 11.9 Å². The third-order valence-corrected chi connectivity index (χ3v) is 3.82. The van der Waals surface area contributed by atoms with Crippen molar-refractivity contribution < 1.29 is 32.6 Å². The van der Waals surface area contributed by atoms with Gasteiger partial charge in [-0.2, -0.15) is 0 Å². The Hall–Kier alpha value is -3.42. The zero-order valence-electron chi connectivity index (χ0n) is 16.0. The van der Waals surface area contributed by atoms with Gasteiger partial charge in [0.1, 0.15) is 0 Å². The first-order valence-electron chi connectivity index (χ1n) is 8.70. The van der Waals surface area contributed by atoms with E-state index in [1.54, 1.807) is 18.2 Å². The van der Waals surface area contributed by atoms with Crippen molar-refractivity contribution in [1.29, 1.82) is 0 Å². The van der Waals surface area contributed by atoms with Crippen LogP contribution in [-0.2, 0) is 20.7 Å². The molecule has 2 aromatic carbocycles. The Bertz CT molecular complexity index is 901. The Morgan fingerprint density at radius 3 is 2.55 bits per heavy atom. The summed E-state index contributed by atoms with van der Waals surface area (Å²) < 4.78 is 41.7. The number of hydrogen-bond donors (Lipinski definition) is 1. The summed E-state index contributed by atoms with van der Waals surface area (Å²) in [7, 11) is 1.48. The molecule has 2 rings (SSSR count). The van der Waals surface area contributed by atoms with E-state index >= 15 is 0 Å². The number of rotatable bonds is 9. The minimum absolute atomic E-state index is 0.0393. The lowest BCUT2D eigenvalue weighted by Crippen LogP contribution is -2.31. The van der Waals surface area contributed by atoms with Gasteiger partial charge < -0.3 is 19.5 Å². The maximum Gasteiger partial charge on any atom is 0.344 e. The van der Waals surface area contributed by atoms with E-state index in [0.717, 1.165) is 17.7 Å². The molecular formula is C21H21F2NO5. The fourth-order valence-electron chi connectivity index (χ4n) is 2.36. The van der Waals surface area contributed by atoms with E-state index in [4.69, 9.17) is 14.2 Å². The fourth-order valence-corrected chi connectivity index (χ4v) is 2.36. The maximum atomic E-state index is 13.2. The van der Waals surface area contributed by atoms with Crippen LogP contribution in [0.4, 0.5) is 14.5 Å². The largest absolute Gasteiger partial charge is 0.493 e. The third-order valence-electron chi connectivity index (χ3n) is 3.82. The van der Waals surface area contributed by atoms with Crippen LogP contribution < -0.4 is 14.8 Å². The zero-order chi connectivity index (χ0) is 21.4. The average Bonchev–Trinajstić information content (AvgIpc) is 2.69. The summed E-state index contributed by atoms with van der Waals surface area (Å²) >= 11 is 0. The monoisotopic (exact) mass is 405 g/mol. The van der Waals surface area contributed by atoms with E-state index in [1.165, 1.54) is 20.1 Å². The first-order valence-corrected chi connectivity index (χ1v) is 8.70. The SMILES string of the molecule is C=CCc1ccc(OCC(=O)O[C@H](C)C(=O)Nc2ccc(F)c(F)c2)c(OC)c1. The second kappa shape index (κ2) is 10.2. The van der Waals surface area contributed by atoms with E-state index in [-0.39, 0.29) is 5.69 Å². The normalized spacial score (nSPS) is 11.3. The molecule has 29 heavy (non-hydrogen) atoms. The molecule has 0 spiro atoms. The molecule has 1 amide bonds. The Kier molecular flexibility index (Phi) is 7.70. The van der Waals surface area contributed by atoms with Gasteiger partial charge in [-0.1, -0.05) is 12.1 Å². The predicted octanol–water partition coefficient (Wildman–Crippen LogP) is 3.65. The van der Waals surface area contributed by atoms with Crippen LogP contribution in [0.5, 0.6) is 11.5 Å². The number of benzene rings is 2. The zero-order valence-corrected chi connectivity index (χ0v) is 16.0. The summed E-state index contributed by atoms with van der Waals surface area (Å²) in [6.07, 6.45) is 1.24. The molecule has 0 aliphatic heterocycles. The van der Waals surface area contributed by atoms with Gasteiger partial charge in [-0.05, 0) is 43.2 Å². The Morgan fingerprint density at radius 2 is 1.90 bits per heavy atom. The van der Waals surface area contributed by atoms with Gasteiger partial charge in [0.25, 0.3) is 5.91 Å². The number of methoxy groups -OCH3 is 1. The summed E-state index contributed by atoms with van der Waals surface area (Å²) in [5.74, 6) is -2.83. The molecule has 154 valence electrons. The highest BCUT2D eigenvalue weighted by Crippen LogP contribution is 2.28. The molecule has 6 nitrogen and oxygen atoms in total. The van der Waals surface area contributed by atoms with E-state index in [0.29, 0.717) is 17.9 Å². The number of anilines is 1. The number of esters is 1. The van der Waals surface area contributed by atoms with Gasteiger partial charge in [0.2, 0.25) is 0 Å². The molecule has 8 heteroatoms. The van der Waals surface area contributed by atoms with Crippen molar-refractivity contribution in [3.8, 4) is 11.5 Å². The van der Waals surface area contributed by atoms with Crippen molar-refractivity contribution in [2.75, 3.05) is 19.0 Å². The highest BCUT2D eigenvalue weighted by Gasteiger charge is 2.19. The van der Waals surface area contributed by atoms with Gasteiger partial charge in [-0.15, -0.1) is 6.58 Å². The first-order chi connectivity index (χ1) is 13.8. The number of carbonyl (C=O) groups is 2. The van der Waals surface area contributed by atoms with Crippen molar-refractivity contribution in [1.82, 2.24) is 0 Å². The van der Waals surface area contributed by atoms with Crippen molar-refractivity contribution in [2.24, 2.45) is 0 Å². The number of hydrogen-bond acceptors (Lipinski definition) is 5. The topological polar surface area (TPSA) is 73.9 Å². The van der Waals surface area contributed by atoms with Crippen LogP contribution in [0.2, 0.25) is 0 Å². The van der Waals surface area contributed by atoms with Crippen LogP contribution in [0, 0.1) is 11.6 Å². The molecule has 0 saturated carbocycles. The maximum absolute atomic E-state index is 13.2. The first kappa shape index (κ1) is 21.9. The molecule has 0 saturated heterocycles. The number of ether oxygens (including phenoxy) is 3. The molecule has 1 N–H and O–H groups in total. The second-order valence-electron chi connectivity index (χ2n) is 6.02. The summed E-state index contributed by atoms with van der Waals surface area (Å²) in [4.78, 5) is 24.0. The Morgan fingerprint density at radius 1 is 1.14 bits per heavy atom. The molecule has 0 aliphatic carbocycles. The number of allylic oxidation sites excluding steroid dienone is 1. The van der Waals surface area contributed by atoms with Gasteiger partial charge in [-0.3, -0.25) is 4.79 Å². The Balaban J connectivity index is 1.88. The van der Waals surface area contributed by atoms with Crippen molar-refractivity contribution >= 4 is 17.6 Å². The van der Waals surface area contributed by atoms with E-state index in [1.807, 2.05) is 6.07 Å². The quantitative estimate of drug-likeness (QED) is 0.509. The predicted molar refractivity (Wildman–Crippen MR) is 103 cm³/mol. The minimum atomic E-state index is -1.17. The second-order valence-corrected chi connectivity index (χ2v) is 6.02. The van der Waals surface area contributed by atoms with Gasteiger partial charge in [0, 0.05) is 11.8 Å². The molecule has 0 aliphatic rings. The molecule has 0 radical (unpaired) electrons. The minimum Gasteiger partial charge on any atom is -0.493 e. The number of nitrogens with one attached hydrogen (secondary N) is 1. The summed E-state index contributed by atoms with van der Waals surface area (Å²) in [6.45, 7) is 4.57. The molecule has 0 heterocycles. The van der Waals surface area contributed by atoms with Gasteiger partial charge in [0.15, 0.2) is 35.8 Å². The highest BCUT2D eigenvalue weighted by atomic mass is 19.2. The van der Waals surface area contributed by atoms with Crippen LogP contribution in [0.15, 0.2) is 49.1 Å². The van der Waals surface area contributed by atoms with E-state index in [9.17, 15) is 18.4 Å². The van der Waals surface area contributed by atoms with Crippen LogP contribution in [0.25, 0.3) is 0 Å². The number of amides is 1. The van der Waals surface area contributed by atoms with Crippen LogP contribution in [-0.4, -0.2) is 31.7 Å². The summed E-state index contributed by atoms with van der Waals surface area (Å²) in [6, 6.07) is 8.12. The van der Waals surface area contributed by atoms with Gasteiger partial charge in [0.05, 0.1) is 7.11 Å². The average molecular weight is 405 g/mol. The number of halogens is 2. The highest BCUT2D eigenvalue weighted by molar-refractivity contribution is 5.95. The van der Waals surface area contributed by atoms with Gasteiger partial charge >= 0.3 is 5.97 Å². The number of carbonyl (C=O) groups excluding carboxylic acids is 2. The smallest absolute Gasteiger partial charge is 0.344 e. The summed E-state index contributed by atoms with van der Waals surface area (Å²) in [5.41, 5.74) is 1.01. The van der Waals surface area contributed by atoms with Crippen LogP contribution in [0.1, 0.15) is 12.5 Å². The lowest BCUT2D eigenvalue weighted by atomic mass is 10.1. The van der Waals surface area contributed by atoms with Crippen molar-refractivity contribution in [3.63, 3.8) is 0 Å². The van der Waals surface area contributed by atoms with Crippen LogP contribution in [0.3, 0.4) is 0 Å². The lowest BCUT2D eigenvalue weighted by molar-refractivity contribution is -0.155. The Labute approximate surface area is 167 Å². The molecule has 1 atom stereocenters. The molecule has 0 bridgehead atoms. The molecule has 0 fully saturated rings.